The van der Waals surface area contributed by atoms with Crippen molar-refractivity contribution in [2.45, 2.75) is 59.6 Å². The van der Waals surface area contributed by atoms with Crippen molar-refractivity contribution in [3.05, 3.63) is 29.8 Å². The van der Waals surface area contributed by atoms with Crippen LogP contribution < -0.4 is 10.1 Å². The molecule has 0 radical (unpaired) electrons. The van der Waals surface area contributed by atoms with Crippen molar-refractivity contribution < 1.29 is 4.74 Å². The van der Waals surface area contributed by atoms with Gasteiger partial charge in [0.15, 0.2) is 0 Å². The fourth-order valence-corrected chi connectivity index (χ4v) is 2.16. The molecule has 0 saturated carbocycles. The Morgan fingerprint density at radius 1 is 1.29 bits per heavy atom. The van der Waals surface area contributed by atoms with Crippen LogP contribution in [0.1, 0.15) is 59.1 Å². The number of nitrogens with one attached hydrogen (secondary N) is 1. The van der Waals surface area contributed by atoms with Gasteiger partial charge in [-0.15, -0.1) is 0 Å². The number of ether oxygens (including phenoxy) is 1. The zero-order valence-corrected chi connectivity index (χ0v) is 13.9. The summed E-state index contributed by atoms with van der Waals surface area (Å²) in [5, 5.41) is 12.3. The summed E-state index contributed by atoms with van der Waals surface area (Å²) in [7, 11) is 0. The maximum absolute atomic E-state index is 8.70. The van der Waals surface area contributed by atoms with E-state index in [1.54, 1.807) is 0 Å². The van der Waals surface area contributed by atoms with Crippen LogP contribution in [-0.4, -0.2) is 12.6 Å². The lowest BCUT2D eigenvalue weighted by atomic mass is 9.87. The van der Waals surface area contributed by atoms with Gasteiger partial charge in [0, 0.05) is 19.0 Å². The average Bonchev–Trinajstić information content (AvgIpc) is 2.42. The average molecular weight is 288 g/mol. The largest absolute Gasteiger partial charge is 0.491 e. The van der Waals surface area contributed by atoms with E-state index in [1.165, 1.54) is 5.56 Å². The number of hydrogen-bond acceptors (Lipinski definition) is 3. The molecule has 0 amide bonds. The van der Waals surface area contributed by atoms with Gasteiger partial charge in [0.05, 0.1) is 12.2 Å². The Morgan fingerprint density at radius 3 is 2.62 bits per heavy atom. The molecule has 0 saturated heterocycles. The lowest BCUT2D eigenvalue weighted by Crippen LogP contribution is -2.31. The molecule has 0 aliphatic rings. The van der Waals surface area contributed by atoms with Crippen LogP contribution in [0.2, 0.25) is 0 Å². The van der Waals surface area contributed by atoms with Gasteiger partial charge in [0.25, 0.3) is 0 Å². The van der Waals surface area contributed by atoms with E-state index >= 15 is 0 Å². The lowest BCUT2D eigenvalue weighted by Gasteiger charge is -2.26. The van der Waals surface area contributed by atoms with Crippen molar-refractivity contribution >= 4 is 0 Å². The van der Waals surface area contributed by atoms with Crippen molar-refractivity contribution in [1.82, 2.24) is 5.32 Å². The van der Waals surface area contributed by atoms with Crippen LogP contribution in [-0.2, 0) is 0 Å². The highest BCUT2D eigenvalue weighted by Gasteiger charge is 2.18. The van der Waals surface area contributed by atoms with E-state index < -0.39 is 0 Å². The predicted octanol–water partition coefficient (Wildman–Crippen LogP) is 4.45. The summed E-state index contributed by atoms with van der Waals surface area (Å²) >= 11 is 0. The minimum atomic E-state index is 0.135. The lowest BCUT2D eigenvalue weighted by molar-refractivity contribution is 0.242. The fraction of sp³-hybridized carbons (Fsp3) is 0.611. The highest BCUT2D eigenvalue weighted by molar-refractivity contribution is 5.30. The molecule has 1 aromatic rings. The molecule has 1 N–H and O–H groups in total. The molecule has 0 spiro atoms. The molecule has 1 unspecified atom stereocenters. The summed E-state index contributed by atoms with van der Waals surface area (Å²) in [5.41, 5.74) is 1.36. The first-order valence-corrected chi connectivity index (χ1v) is 7.71. The molecule has 0 aliphatic heterocycles. The zero-order valence-electron chi connectivity index (χ0n) is 13.9. The Labute approximate surface area is 129 Å². The number of benzene rings is 1. The van der Waals surface area contributed by atoms with Crippen molar-refractivity contribution in [1.29, 1.82) is 5.26 Å². The van der Waals surface area contributed by atoms with Crippen molar-refractivity contribution in [3.63, 3.8) is 0 Å². The van der Waals surface area contributed by atoms with Gasteiger partial charge in [-0.2, -0.15) is 5.26 Å². The van der Waals surface area contributed by atoms with Crippen LogP contribution in [0.5, 0.6) is 5.75 Å². The Kier molecular flexibility index (Phi) is 6.71. The Bertz CT molecular complexity index is 474. The van der Waals surface area contributed by atoms with Crippen LogP contribution in [0, 0.1) is 16.7 Å². The van der Waals surface area contributed by atoms with E-state index in [0.29, 0.717) is 6.42 Å². The molecule has 116 valence electrons. The fourth-order valence-electron chi connectivity index (χ4n) is 2.16. The number of rotatable bonds is 8. The van der Waals surface area contributed by atoms with Gasteiger partial charge in [-0.25, -0.2) is 0 Å². The summed E-state index contributed by atoms with van der Waals surface area (Å²) in [6.07, 6.45) is 1.72. The minimum absolute atomic E-state index is 0.135. The minimum Gasteiger partial charge on any atom is -0.491 e. The molecule has 1 rings (SSSR count). The number of nitriles is 1. The van der Waals surface area contributed by atoms with E-state index in [1.807, 2.05) is 26.0 Å². The molecular formula is C18H28N2O. The summed E-state index contributed by atoms with van der Waals surface area (Å²) < 4.78 is 5.74. The molecule has 1 aromatic carbocycles. The normalized spacial score (nSPS) is 13.0. The number of hydrogen-bond donors (Lipinski definition) is 1. The van der Waals surface area contributed by atoms with Crippen LogP contribution in [0.3, 0.4) is 0 Å². The van der Waals surface area contributed by atoms with Crippen LogP contribution in [0.4, 0.5) is 0 Å². The monoisotopic (exact) mass is 288 g/mol. The first kappa shape index (κ1) is 17.5. The number of nitrogens with zero attached hydrogens (tertiary/aromatic N) is 1. The van der Waals surface area contributed by atoms with Crippen LogP contribution in [0.15, 0.2) is 24.3 Å². The molecule has 0 aliphatic carbocycles. The summed E-state index contributed by atoms with van der Waals surface area (Å²) in [6, 6.07) is 10.7. The Hall–Kier alpha value is -1.53. The highest BCUT2D eigenvalue weighted by atomic mass is 16.5. The van der Waals surface area contributed by atoms with E-state index in [9.17, 15) is 0 Å². The Balaban J connectivity index is 2.59. The topological polar surface area (TPSA) is 45.0 Å². The van der Waals surface area contributed by atoms with Gasteiger partial charge < -0.3 is 10.1 Å². The SMILES string of the molecule is CC(C)Oc1cccc(C(C)NCC(C)(C)CCC#N)c1. The second kappa shape index (κ2) is 8.05. The van der Waals surface area contributed by atoms with Crippen LogP contribution in [0.25, 0.3) is 0 Å². The maximum Gasteiger partial charge on any atom is 0.120 e. The third-order valence-electron chi connectivity index (χ3n) is 3.53. The summed E-state index contributed by atoms with van der Waals surface area (Å²) in [4.78, 5) is 0. The molecule has 21 heavy (non-hydrogen) atoms. The quantitative estimate of drug-likeness (QED) is 0.768. The second-order valence-electron chi connectivity index (χ2n) is 6.66. The molecule has 0 heterocycles. The molecule has 0 bridgehead atoms. The predicted molar refractivity (Wildman–Crippen MR) is 87.3 cm³/mol. The van der Waals surface area contributed by atoms with Gasteiger partial charge in [0.1, 0.15) is 5.75 Å². The van der Waals surface area contributed by atoms with Crippen molar-refractivity contribution in [2.75, 3.05) is 6.54 Å². The maximum atomic E-state index is 8.70. The Morgan fingerprint density at radius 2 is 2.00 bits per heavy atom. The van der Waals surface area contributed by atoms with Gasteiger partial charge in [-0.1, -0.05) is 26.0 Å². The smallest absolute Gasteiger partial charge is 0.120 e. The standard InChI is InChI=1S/C18H28N2O/c1-14(2)21-17-9-6-8-16(12-17)15(3)20-13-18(4,5)10-7-11-19/h6,8-9,12,14-15,20H,7,10,13H2,1-5H3. The molecule has 1 atom stereocenters. The molecule has 3 heteroatoms. The third-order valence-corrected chi connectivity index (χ3v) is 3.53. The van der Waals surface area contributed by atoms with Gasteiger partial charge in [0.2, 0.25) is 0 Å². The van der Waals surface area contributed by atoms with E-state index in [2.05, 4.69) is 44.3 Å². The second-order valence-corrected chi connectivity index (χ2v) is 6.66. The first-order valence-electron chi connectivity index (χ1n) is 7.71. The van der Waals surface area contributed by atoms with Crippen LogP contribution >= 0.6 is 0 Å². The summed E-state index contributed by atoms with van der Waals surface area (Å²) in [6.45, 7) is 11.5. The first-order chi connectivity index (χ1) is 9.84. The summed E-state index contributed by atoms with van der Waals surface area (Å²) in [5.74, 6) is 0.917. The zero-order chi connectivity index (χ0) is 15.9. The molecular weight excluding hydrogens is 260 g/mol. The highest BCUT2D eigenvalue weighted by Crippen LogP contribution is 2.24. The van der Waals surface area contributed by atoms with E-state index in [-0.39, 0.29) is 17.6 Å². The molecule has 3 nitrogen and oxygen atoms in total. The van der Waals surface area contributed by atoms with Gasteiger partial charge >= 0.3 is 0 Å². The van der Waals surface area contributed by atoms with Gasteiger partial charge in [-0.05, 0) is 50.3 Å². The van der Waals surface area contributed by atoms with E-state index in [0.717, 1.165) is 18.7 Å². The van der Waals surface area contributed by atoms with Gasteiger partial charge in [-0.3, -0.25) is 0 Å². The molecule has 0 fully saturated rings. The van der Waals surface area contributed by atoms with Crippen molar-refractivity contribution in [2.24, 2.45) is 5.41 Å². The third kappa shape index (κ3) is 6.64. The molecule has 0 aromatic heterocycles. The van der Waals surface area contributed by atoms with Crippen molar-refractivity contribution in [3.8, 4) is 11.8 Å². The van der Waals surface area contributed by atoms with E-state index in [4.69, 9.17) is 10.00 Å².